The van der Waals surface area contributed by atoms with Gasteiger partial charge < -0.3 is 30.0 Å². The molecule has 5 heterocycles. The number of fused-ring (bicyclic) bond motifs is 2. The number of aromatic nitrogens is 2. The first-order valence-corrected chi connectivity index (χ1v) is 24.6. The number of aliphatic hydroxyl groups is 1. The Morgan fingerprint density at radius 1 is 0.549 bits per heavy atom. The van der Waals surface area contributed by atoms with Gasteiger partial charge in [0.2, 0.25) is 0 Å². The van der Waals surface area contributed by atoms with Crippen LogP contribution in [0, 0.1) is 22.7 Å². The Morgan fingerprint density at radius 2 is 0.972 bits per heavy atom. The van der Waals surface area contributed by atoms with Crippen molar-refractivity contribution < 1.29 is 19.3 Å². The van der Waals surface area contributed by atoms with Crippen molar-refractivity contribution in [3.63, 3.8) is 0 Å². The maximum absolute atomic E-state index is 9.80. The Hall–Kier alpha value is -8.40. The number of para-hydroxylation sites is 2. The van der Waals surface area contributed by atoms with E-state index in [0.29, 0.717) is 11.1 Å². The normalized spacial score (nSPS) is 12.3. The van der Waals surface area contributed by atoms with Crippen molar-refractivity contribution >= 4 is 65.9 Å². The molecule has 1 saturated heterocycles. The number of nitriles is 2. The summed E-state index contributed by atoms with van der Waals surface area (Å²) in [6.45, 7) is 4.52. The minimum absolute atomic E-state index is 0.0169. The molecule has 4 aromatic heterocycles. The second-order valence-electron chi connectivity index (χ2n) is 16.5. The molecule has 10 aromatic rings. The van der Waals surface area contributed by atoms with Crippen LogP contribution in [0.4, 0.5) is 22.7 Å². The summed E-state index contributed by atoms with van der Waals surface area (Å²) in [6.07, 6.45) is 3.24. The highest BCUT2D eigenvalue weighted by molar-refractivity contribution is 7.23. The molecule has 0 bridgehead atoms. The van der Waals surface area contributed by atoms with Crippen LogP contribution in [0.2, 0.25) is 0 Å². The van der Waals surface area contributed by atoms with E-state index in [4.69, 9.17) is 14.2 Å². The van der Waals surface area contributed by atoms with Gasteiger partial charge in [0.05, 0.1) is 62.8 Å². The van der Waals surface area contributed by atoms with Gasteiger partial charge in [-0.05, 0) is 107 Å². The number of aliphatic hydroxyl groups excluding tert-OH is 1. The lowest BCUT2D eigenvalue weighted by molar-refractivity contribution is 0.0342. The molecule has 11 nitrogen and oxygen atoms in total. The monoisotopic (exact) mass is 967 g/mol. The highest BCUT2D eigenvalue weighted by Crippen LogP contribution is 2.41. The third-order valence-corrected chi connectivity index (χ3v) is 14.1. The van der Waals surface area contributed by atoms with Crippen LogP contribution >= 0.6 is 22.7 Å². The molecular formula is C58H45N7O4S2. The van der Waals surface area contributed by atoms with Crippen LogP contribution in [-0.2, 0) is 17.9 Å². The topological polar surface area (TPSA) is 149 Å². The van der Waals surface area contributed by atoms with E-state index in [1.54, 1.807) is 35.1 Å². The van der Waals surface area contributed by atoms with Gasteiger partial charge >= 0.3 is 0 Å². The van der Waals surface area contributed by atoms with Crippen molar-refractivity contribution in [2.75, 3.05) is 36.9 Å². The van der Waals surface area contributed by atoms with E-state index in [1.165, 1.54) is 5.56 Å². The van der Waals surface area contributed by atoms with Crippen molar-refractivity contribution in [1.29, 1.82) is 10.5 Å². The molecule has 13 heteroatoms. The number of hydrogen-bond acceptors (Lipinski definition) is 13. The van der Waals surface area contributed by atoms with Crippen molar-refractivity contribution in [2.45, 2.75) is 13.2 Å². The molecular weight excluding hydrogens is 923 g/mol. The van der Waals surface area contributed by atoms with E-state index in [1.807, 2.05) is 140 Å². The number of nitrogens with one attached hydrogen (secondary N) is 2. The number of nitrogens with zero attached hydrogens (tertiary/aromatic N) is 5. The summed E-state index contributed by atoms with van der Waals surface area (Å²) in [7, 11) is 0. The quantitative estimate of drug-likeness (QED) is 0.101. The van der Waals surface area contributed by atoms with Gasteiger partial charge in [-0.15, -0.1) is 22.7 Å². The van der Waals surface area contributed by atoms with E-state index in [-0.39, 0.29) is 6.61 Å². The van der Waals surface area contributed by atoms with Crippen molar-refractivity contribution in [3.8, 4) is 56.0 Å². The number of rotatable bonds is 13. The molecule has 0 saturated carbocycles. The predicted octanol–water partition coefficient (Wildman–Crippen LogP) is 14.1. The van der Waals surface area contributed by atoms with Gasteiger partial charge in [-0.1, -0.05) is 84.9 Å². The molecule has 1 aliphatic heterocycles. The fourth-order valence-electron chi connectivity index (χ4n) is 7.97. The highest BCUT2D eigenvalue weighted by atomic mass is 32.1. The fraction of sp³-hybridized carbons (Fsp3) is 0.103. The number of hydrogen-bond donors (Lipinski definition) is 3. The summed E-state index contributed by atoms with van der Waals surface area (Å²) in [4.78, 5) is 13.6. The van der Waals surface area contributed by atoms with Crippen LogP contribution in [-0.4, -0.2) is 46.3 Å². The smallest absolute Gasteiger partial charge is 0.127 e. The molecule has 0 unspecified atom stereocenters. The zero-order chi connectivity index (χ0) is 48.4. The Kier molecular flexibility index (Phi) is 14.3. The first-order valence-electron chi connectivity index (χ1n) is 22.9. The summed E-state index contributed by atoms with van der Waals surface area (Å²) in [5.41, 5.74) is 10.3. The molecule has 11 rings (SSSR count). The third-order valence-electron chi connectivity index (χ3n) is 11.7. The lowest BCUT2D eigenvalue weighted by atomic mass is 10.1. The van der Waals surface area contributed by atoms with Crippen molar-refractivity contribution in [1.82, 2.24) is 14.9 Å². The molecule has 0 radical (unpaired) electrons. The number of benzene rings is 6. The SMILES string of the molecule is N#Cc1cnc2cc(-c3ccc(CN4CCOCC4)cc3)sc2c1Nc1ccc(Oc2ccccc2)cc1.N#Cc1cnc2cc(-c3ccc(CO)cc3)sc2c1Nc1ccc(Oc2ccccc2)cc1. The molecule has 1 aliphatic rings. The van der Waals surface area contributed by atoms with Crippen molar-refractivity contribution in [3.05, 3.63) is 205 Å². The maximum Gasteiger partial charge on any atom is 0.127 e. The van der Waals surface area contributed by atoms with Crippen molar-refractivity contribution in [2.24, 2.45) is 0 Å². The van der Waals surface area contributed by atoms with E-state index in [2.05, 4.69) is 68.0 Å². The molecule has 0 aliphatic carbocycles. The average molecular weight is 968 g/mol. The zero-order valence-electron chi connectivity index (χ0n) is 38.3. The number of morpholine rings is 1. The number of anilines is 4. The van der Waals surface area contributed by atoms with Gasteiger partial charge in [-0.2, -0.15) is 10.5 Å². The lowest BCUT2D eigenvalue weighted by Crippen LogP contribution is -2.35. The highest BCUT2D eigenvalue weighted by Gasteiger charge is 2.17. The fourth-order valence-corrected chi connectivity index (χ4v) is 10.2. The molecule has 1 fully saturated rings. The molecule has 6 aromatic carbocycles. The van der Waals surface area contributed by atoms with Crippen LogP contribution < -0.4 is 20.1 Å². The summed E-state index contributed by atoms with van der Waals surface area (Å²) in [6, 6.07) is 59.9. The van der Waals surface area contributed by atoms with Gasteiger partial charge in [0, 0.05) is 53.2 Å². The van der Waals surface area contributed by atoms with E-state index >= 15 is 0 Å². The third kappa shape index (κ3) is 11.2. The Morgan fingerprint density at radius 3 is 1.39 bits per heavy atom. The first-order chi connectivity index (χ1) is 35.0. The number of pyridine rings is 2. The largest absolute Gasteiger partial charge is 0.457 e. The van der Waals surface area contributed by atoms with E-state index < -0.39 is 0 Å². The summed E-state index contributed by atoms with van der Waals surface area (Å²) in [5.74, 6) is 3.05. The molecule has 3 N–H and O–H groups in total. The van der Waals surface area contributed by atoms with Crippen LogP contribution in [0.3, 0.4) is 0 Å². The lowest BCUT2D eigenvalue weighted by Gasteiger charge is -2.26. The molecule has 0 amide bonds. The van der Waals surface area contributed by atoms with E-state index in [0.717, 1.165) is 125 Å². The van der Waals surface area contributed by atoms with E-state index in [9.17, 15) is 15.6 Å². The second-order valence-corrected chi connectivity index (χ2v) is 18.6. The Labute approximate surface area is 419 Å². The molecule has 0 spiro atoms. The summed E-state index contributed by atoms with van der Waals surface area (Å²) in [5, 5.41) is 35.6. The van der Waals surface area contributed by atoms with Gasteiger partial charge in [-0.3, -0.25) is 14.9 Å². The van der Waals surface area contributed by atoms with Gasteiger partial charge in [0.1, 0.15) is 35.1 Å². The summed E-state index contributed by atoms with van der Waals surface area (Å²) < 4.78 is 19.1. The van der Waals surface area contributed by atoms with Crippen LogP contribution in [0.5, 0.6) is 23.0 Å². The first kappa shape index (κ1) is 46.3. The molecule has 71 heavy (non-hydrogen) atoms. The van der Waals surface area contributed by atoms with Gasteiger partial charge in [-0.25, -0.2) is 0 Å². The average Bonchev–Trinajstić information content (AvgIpc) is 4.07. The summed E-state index contributed by atoms with van der Waals surface area (Å²) >= 11 is 3.23. The minimum atomic E-state index is 0.0169. The second kappa shape index (κ2) is 21.9. The van der Waals surface area contributed by atoms with Crippen LogP contribution in [0.15, 0.2) is 182 Å². The predicted molar refractivity (Wildman–Crippen MR) is 284 cm³/mol. The standard InChI is InChI=1S/C31H26N4O2S.C27H19N3O2S/c32-19-24-20-33-28-18-29(23-8-6-22(7-9-23)21-35-14-16-36-17-15-35)38-31(28)30(24)34-25-10-12-27(13-11-25)37-26-4-2-1-3-5-26;28-15-20-16-29-24-14-25(19-8-6-18(17-31)7-9-19)33-27(24)26(20)30-21-10-12-23(13-11-21)32-22-4-2-1-3-5-22/h1-13,18,20H,14-17,21H2,(H,33,34);1-14,16,31H,17H2,(H,29,30). The molecule has 0 atom stereocenters. The number of ether oxygens (including phenoxy) is 3. The maximum atomic E-state index is 9.80. The molecule has 348 valence electrons. The van der Waals surface area contributed by atoms with Gasteiger partial charge in [0.25, 0.3) is 0 Å². The van der Waals surface area contributed by atoms with Crippen LogP contribution in [0.25, 0.3) is 41.3 Å². The Bertz CT molecular complexity index is 3480. The zero-order valence-corrected chi connectivity index (χ0v) is 39.9. The number of thiophene rings is 2. The Balaban J connectivity index is 0.000000166. The minimum Gasteiger partial charge on any atom is -0.457 e. The van der Waals surface area contributed by atoms with Crippen LogP contribution in [0.1, 0.15) is 22.3 Å². The van der Waals surface area contributed by atoms with Gasteiger partial charge in [0.15, 0.2) is 0 Å².